The van der Waals surface area contributed by atoms with Crippen LogP contribution < -0.4 is 15.4 Å². The third-order valence-electron chi connectivity index (χ3n) is 7.88. The normalized spacial score (nSPS) is 20.9. The second kappa shape index (κ2) is 8.35. The molecule has 2 N–H and O–H groups in total. The summed E-state index contributed by atoms with van der Waals surface area (Å²) >= 11 is 0. The quantitative estimate of drug-likeness (QED) is 0.641. The minimum Gasteiger partial charge on any atom is -0.479 e. The van der Waals surface area contributed by atoms with Crippen LogP contribution in [-0.4, -0.2) is 48.1 Å². The molecule has 1 spiro atoms. The van der Waals surface area contributed by atoms with Crippen molar-refractivity contribution in [3.05, 3.63) is 83.6 Å². The van der Waals surface area contributed by atoms with Crippen LogP contribution in [0.3, 0.4) is 0 Å². The zero-order valence-electron chi connectivity index (χ0n) is 19.3. The SMILES string of the molecule is Nc1ccnc(N2CCC3(CC2)c2ccccc2OC3C(=O)N2CCc3ccccc3CC2)c1. The van der Waals surface area contributed by atoms with Crippen molar-refractivity contribution in [2.24, 2.45) is 0 Å². The van der Waals surface area contributed by atoms with Gasteiger partial charge in [-0.1, -0.05) is 42.5 Å². The number of piperidine rings is 1. The van der Waals surface area contributed by atoms with Gasteiger partial charge in [0.1, 0.15) is 11.6 Å². The first-order chi connectivity index (χ1) is 16.6. The van der Waals surface area contributed by atoms with Crippen LogP contribution in [0, 0.1) is 0 Å². The average Bonchev–Trinajstić information content (AvgIpc) is 3.02. The molecule has 1 unspecified atom stereocenters. The molecule has 3 aromatic rings. The van der Waals surface area contributed by atoms with Gasteiger partial charge in [-0.15, -0.1) is 0 Å². The van der Waals surface area contributed by atoms with Crippen molar-refractivity contribution in [2.75, 3.05) is 36.8 Å². The Hall–Kier alpha value is -3.54. The van der Waals surface area contributed by atoms with Gasteiger partial charge in [-0.25, -0.2) is 4.98 Å². The number of ether oxygens (including phenoxy) is 1. The minimum absolute atomic E-state index is 0.125. The Balaban J connectivity index is 1.26. The summed E-state index contributed by atoms with van der Waals surface area (Å²) in [5.74, 6) is 1.88. The number of carbonyl (C=O) groups excluding carboxylic acids is 1. The first kappa shape index (κ1) is 21.0. The molecule has 1 aromatic heterocycles. The minimum atomic E-state index is -0.484. The van der Waals surface area contributed by atoms with E-state index in [1.54, 1.807) is 6.20 Å². The number of carbonyl (C=O) groups is 1. The lowest BCUT2D eigenvalue weighted by atomic mass is 9.69. The number of aromatic nitrogens is 1. The van der Waals surface area contributed by atoms with E-state index in [9.17, 15) is 4.79 Å². The molecular formula is C28H30N4O2. The maximum absolute atomic E-state index is 14.0. The standard InChI is InChI=1S/C28H30N4O2/c29-22-9-14-30-25(19-22)31-17-12-28(13-18-31)23-7-3-4-8-24(23)34-26(28)27(33)32-15-10-20-5-1-2-6-21(20)11-16-32/h1-9,14,19,26H,10-13,15-18H2,(H2,29,30). The van der Waals surface area contributed by atoms with Crippen molar-refractivity contribution >= 4 is 17.4 Å². The van der Waals surface area contributed by atoms with Crippen LogP contribution in [-0.2, 0) is 23.1 Å². The fourth-order valence-corrected chi connectivity index (χ4v) is 5.98. The molecule has 2 aromatic carbocycles. The molecule has 34 heavy (non-hydrogen) atoms. The zero-order chi connectivity index (χ0) is 23.1. The molecule has 4 heterocycles. The van der Waals surface area contributed by atoms with Gasteiger partial charge in [0, 0.05) is 55.1 Å². The summed E-state index contributed by atoms with van der Waals surface area (Å²) < 4.78 is 6.45. The van der Waals surface area contributed by atoms with Crippen molar-refractivity contribution in [3.8, 4) is 5.75 Å². The highest BCUT2D eigenvalue weighted by molar-refractivity contribution is 5.85. The number of hydrogen-bond acceptors (Lipinski definition) is 5. The van der Waals surface area contributed by atoms with Crippen LogP contribution >= 0.6 is 0 Å². The lowest BCUT2D eigenvalue weighted by Crippen LogP contribution is -2.55. The largest absolute Gasteiger partial charge is 0.479 e. The molecule has 3 aliphatic heterocycles. The van der Waals surface area contributed by atoms with Crippen molar-refractivity contribution in [1.82, 2.24) is 9.88 Å². The monoisotopic (exact) mass is 454 g/mol. The summed E-state index contributed by atoms with van der Waals surface area (Å²) in [6, 6.07) is 20.5. The summed E-state index contributed by atoms with van der Waals surface area (Å²) in [6.45, 7) is 3.09. The average molecular weight is 455 g/mol. The number of para-hydroxylation sites is 1. The summed E-state index contributed by atoms with van der Waals surface area (Å²) in [4.78, 5) is 22.8. The summed E-state index contributed by atoms with van der Waals surface area (Å²) in [5, 5.41) is 0. The fourth-order valence-electron chi connectivity index (χ4n) is 5.98. The molecule has 174 valence electrons. The van der Waals surface area contributed by atoms with Crippen LogP contribution in [0.25, 0.3) is 0 Å². The number of pyridine rings is 1. The third kappa shape index (κ3) is 3.49. The molecule has 0 aliphatic carbocycles. The molecular weight excluding hydrogens is 424 g/mol. The molecule has 6 rings (SSSR count). The number of anilines is 2. The number of fused-ring (bicyclic) bond motifs is 3. The predicted octanol–water partition coefficient (Wildman–Crippen LogP) is 3.59. The summed E-state index contributed by atoms with van der Waals surface area (Å²) in [6.07, 6.45) is 4.73. The molecule has 6 nitrogen and oxygen atoms in total. The Kier molecular flexibility index (Phi) is 5.16. The number of nitrogens with zero attached hydrogens (tertiary/aromatic N) is 3. The van der Waals surface area contributed by atoms with E-state index in [0.717, 1.165) is 69.1 Å². The summed E-state index contributed by atoms with van der Waals surface area (Å²) in [5.41, 5.74) is 10.3. The van der Waals surface area contributed by atoms with Crippen LogP contribution in [0.15, 0.2) is 66.9 Å². The molecule has 3 aliphatic rings. The van der Waals surface area contributed by atoms with E-state index in [-0.39, 0.29) is 11.3 Å². The van der Waals surface area contributed by atoms with Crippen molar-refractivity contribution in [2.45, 2.75) is 37.2 Å². The van der Waals surface area contributed by atoms with E-state index < -0.39 is 6.10 Å². The first-order valence-corrected chi connectivity index (χ1v) is 12.2. The van der Waals surface area contributed by atoms with Crippen molar-refractivity contribution < 1.29 is 9.53 Å². The number of nitrogen functional groups attached to an aromatic ring is 1. The van der Waals surface area contributed by atoms with Gasteiger partial charge in [0.15, 0.2) is 6.10 Å². The Morgan fingerprint density at radius 2 is 1.62 bits per heavy atom. The smallest absolute Gasteiger partial charge is 0.264 e. The molecule has 0 saturated carbocycles. The predicted molar refractivity (Wildman–Crippen MR) is 133 cm³/mol. The Bertz CT molecular complexity index is 1190. The number of hydrogen-bond donors (Lipinski definition) is 1. The maximum Gasteiger partial charge on any atom is 0.264 e. The number of rotatable bonds is 2. The lowest BCUT2D eigenvalue weighted by Gasteiger charge is -2.43. The van der Waals surface area contributed by atoms with E-state index in [2.05, 4.69) is 46.3 Å². The zero-order valence-corrected chi connectivity index (χ0v) is 19.3. The number of nitrogens with two attached hydrogens (primary N) is 1. The number of amides is 1. The van der Waals surface area contributed by atoms with Crippen LogP contribution in [0.1, 0.15) is 29.5 Å². The van der Waals surface area contributed by atoms with Gasteiger partial charge in [-0.05, 0) is 48.9 Å². The maximum atomic E-state index is 14.0. The van der Waals surface area contributed by atoms with Crippen LogP contribution in [0.5, 0.6) is 5.75 Å². The van der Waals surface area contributed by atoms with Gasteiger partial charge >= 0.3 is 0 Å². The van der Waals surface area contributed by atoms with Gasteiger partial charge in [-0.2, -0.15) is 0 Å². The van der Waals surface area contributed by atoms with E-state index in [0.29, 0.717) is 0 Å². The second-order valence-electron chi connectivity index (χ2n) is 9.68. The molecule has 0 radical (unpaired) electrons. The van der Waals surface area contributed by atoms with Crippen LogP contribution in [0.2, 0.25) is 0 Å². The van der Waals surface area contributed by atoms with Gasteiger partial charge in [0.2, 0.25) is 0 Å². The van der Waals surface area contributed by atoms with Crippen molar-refractivity contribution in [1.29, 1.82) is 0 Å². The van der Waals surface area contributed by atoms with Gasteiger partial charge in [0.25, 0.3) is 5.91 Å². The first-order valence-electron chi connectivity index (χ1n) is 12.2. The van der Waals surface area contributed by atoms with Gasteiger partial charge in [0.05, 0.1) is 0 Å². The van der Waals surface area contributed by atoms with E-state index in [1.165, 1.54) is 16.7 Å². The van der Waals surface area contributed by atoms with Crippen LogP contribution in [0.4, 0.5) is 11.5 Å². The molecule has 6 heteroatoms. The van der Waals surface area contributed by atoms with E-state index in [4.69, 9.17) is 10.5 Å². The van der Waals surface area contributed by atoms with E-state index >= 15 is 0 Å². The number of benzene rings is 2. The highest BCUT2D eigenvalue weighted by Crippen LogP contribution is 2.50. The topological polar surface area (TPSA) is 71.7 Å². The Morgan fingerprint density at radius 1 is 0.941 bits per heavy atom. The highest BCUT2D eigenvalue weighted by atomic mass is 16.5. The fraction of sp³-hybridized carbons (Fsp3) is 0.357. The molecule has 1 fully saturated rings. The van der Waals surface area contributed by atoms with Crippen molar-refractivity contribution in [3.63, 3.8) is 0 Å². The molecule has 1 atom stereocenters. The Morgan fingerprint density at radius 3 is 2.32 bits per heavy atom. The third-order valence-corrected chi connectivity index (χ3v) is 7.88. The molecule has 0 bridgehead atoms. The second-order valence-corrected chi connectivity index (χ2v) is 9.68. The lowest BCUT2D eigenvalue weighted by molar-refractivity contribution is -0.141. The highest BCUT2D eigenvalue weighted by Gasteiger charge is 2.54. The van der Waals surface area contributed by atoms with Gasteiger partial charge < -0.3 is 20.3 Å². The van der Waals surface area contributed by atoms with E-state index in [1.807, 2.05) is 29.2 Å². The Labute approximate surface area is 200 Å². The molecule has 1 amide bonds. The van der Waals surface area contributed by atoms with Gasteiger partial charge in [-0.3, -0.25) is 4.79 Å². The molecule has 1 saturated heterocycles. The summed E-state index contributed by atoms with van der Waals surface area (Å²) in [7, 11) is 0.